The third kappa shape index (κ3) is 3.04. The zero-order valence-electron chi connectivity index (χ0n) is 16.8. The van der Waals surface area contributed by atoms with Gasteiger partial charge in [-0.2, -0.15) is 0 Å². The fourth-order valence-electron chi connectivity index (χ4n) is 4.33. The van der Waals surface area contributed by atoms with Gasteiger partial charge in [-0.15, -0.1) is 0 Å². The molecule has 1 saturated heterocycles. The van der Waals surface area contributed by atoms with Crippen molar-refractivity contribution in [3.8, 4) is 0 Å². The van der Waals surface area contributed by atoms with Crippen LogP contribution in [0.3, 0.4) is 0 Å². The highest BCUT2D eigenvalue weighted by Gasteiger charge is 2.26. The molecule has 0 saturated carbocycles. The topological polar surface area (TPSA) is 80.4 Å². The number of nitrogens with zero attached hydrogens (tertiary/aromatic N) is 5. The molecule has 2 aliphatic heterocycles. The van der Waals surface area contributed by atoms with Gasteiger partial charge in [0.05, 0.1) is 0 Å². The van der Waals surface area contributed by atoms with E-state index in [4.69, 9.17) is 0 Å². The average molecular weight is 426 g/mol. The standard InChI is InChI=1S/C21H23N5O3S/c1-23-19(28)17-18(22-20(30-17)24-10-4-5-11-24)26(21(23)29)13-16(27)25-12-6-8-14-7-2-3-9-15(14)25/h2-3,7,9H,4-6,8,10-13H2,1H3. The molecular weight excluding hydrogens is 402 g/mol. The number of aromatic nitrogens is 3. The molecule has 0 N–H and O–H groups in total. The number of hydrogen-bond acceptors (Lipinski definition) is 6. The predicted molar refractivity (Wildman–Crippen MR) is 118 cm³/mol. The minimum Gasteiger partial charge on any atom is -0.348 e. The Kier molecular flexibility index (Phi) is 4.69. The zero-order chi connectivity index (χ0) is 20.8. The Balaban J connectivity index is 1.56. The summed E-state index contributed by atoms with van der Waals surface area (Å²) in [6, 6.07) is 7.88. The minimum atomic E-state index is -0.510. The maximum atomic E-state index is 13.2. The lowest BCUT2D eigenvalue weighted by Crippen LogP contribution is -2.43. The molecule has 30 heavy (non-hydrogen) atoms. The lowest BCUT2D eigenvalue weighted by molar-refractivity contribution is -0.119. The maximum absolute atomic E-state index is 13.2. The van der Waals surface area contributed by atoms with E-state index in [9.17, 15) is 14.4 Å². The molecular formula is C21H23N5O3S. The van der Waals surface area contributed by atoms with Gasteiger partial charge in [0.1, 0.15) is 11.2 Å². The van der Waals surface area contributed by atoms with Gasteiger partial charge in [0.2, 0.25) is 5.91 Å². The fourth-order valence-corrected chi connectivity index (χ4v) is 5.43. The number of anilines is 2. The number of aryl methyl sites for hydroxylation is 1. The molecule has 156 valence electrons. The van der Waals surface area contributed by atoms with Crippen molar-refractivity contribution in [2.75, 3.05) is 29.4 Å². The van der Waals surface area contributed by atoms with Crippen LogP contribution in [0, 0.1) is 0 Å². The van der Waals surface area contributed by atoms with Crippen LogP contribution in [0.5, 0.6) is 0 Å². The summed E-state index contributed by atoms with van der Waals surface area (Å²) in [5.74, 6) is -0.167. The largest absolute Gasteiger partial charge is 0.348 e. The van der Waals surface area contributed by atoms with Crippen LogP contribution in [0.4, 0.5) is 10.8 Å². The van der Waals surface area contributed by atoms with Crippen LogP contribution in [0.15, 0.2) is 33.9 Å². The average Bonchev–Trinajstić information content (AvgIpc) is 3.45. The van der Waals surface area contributed by atoms with E-state index in [-0.39, 0.29) is 18.0 Å². The number of carbonyl (C=O) groups is 1. The summed E-state index contributed by atoms with van der Waals surface area (Å²) in [6.45, 7) is 2.28. The highest BCUT2D eigenvalue weighted by molar-refractivity contribution is 7.22. The third-order valence-electron chi connectivity index (χ3n) is 5.95. The van der Waals surface area contributed by atoms with E-state index in [1.54, 1.807) is 4.90 Å². The molecule has 1 amide bonds. The van der Waals surface area contributed by atoms with Crippen molar-refractivity contribution in [1.29, 1.82) is 0 Å². The van der Waals surface area contributed by atoms with E-state index >= 15 is 0 Å². The number of amides is 1. The zero-order valence-corrected chi connectivity index (χ0v) is 17.7. The van der Waals surface area contributed by atoms with E-state index in [2.05, 4.69) is 9.88 Å². The first-order valence-electron chi connectivity index (χ1n) is 10.3. The SMILES string of the molecule is Cn1c(=O)c2sc(N3CCCC3)nc2n(CC(=O)N2CCCc3ccccc32)c1=O. The number of benzene rings is 1. The van der Waals surface area contributed by atoms with Gasteiger partial charge in [-0.25, -0.2) is 9.78 Å². The molecule has 1 fully saturated rings. The van der Waals surface area contributed by atoms with Crippen molar-refractivity contribution in [3.63, 3.8) is 0 Å². The number of fused-ring (bicyclic) bond motifs is 2. The molecule has 0 spiro atoms. The van der Waals surface area contributed by atoms with Gasteiger partial charge in [-0.3, -0.25) is 18.7 Å². The normalized spacial score (nSPS) is 16.3. The summed E-state index contributed by atoms with van der Waals surface area (Å²) in [7, 11) is 1.45. The maximum Gasteiger partial charge on any atom is 0.332 e. The van der Waals surface area contributed by atoms with Crippen molar-refractivity contribution in [2.24, 2.45) is 7.05 Å². The summed E-state index contributed by atoms with van der Waals surface area (Å²) >= 11 is 1.31. The van der Waals surface area contributed by atoms with Crippen molar-refractivity contribution >= 4 is 38.4 Å². The van der Waals surface area contributed by atoms with Crippen molar-refractivity contribution < 1.29 is 4.79 Å². The summed E-state index contributed by atoms with van der Waals surface area (Å²) in [4.78, 5) is 47.3. The van der Waals surface area contributed by atoms with Gasteiger partial charge < -0.3 is 9.80 Å². The molecule has 0 aliphatic carbocycles. The van der Waals surface area contributed by atoms with Crippen molar-refractivity contribution in [3.05, 3.63) is 50.7 Å². The molecule has 0 bridgehead atoms. The van der Waals surface area contributed by atoms with Gasteiger partial charge in [0, 0.05) is 32.4 Å². The number of hydrogen-bond donors (Lipinski definition) is 0. The minimum absolute atomic E-state index is 0.138. The Bertz CT molecular complexity index is 1250. The Labute approximate surface area is 177 Å². The summed E-state index contributed by atoms with van der Waals surface area (Å²) in [5.41, 5.74) is 1.49. The summed E-state index contributed by atoms with van der Waals surface area (Å²) in [5, 5.41) is 0.745. The molecule has 9 heteroatoms. The highest BCUT2D eigenvalue weighted by atomic mass is 32.1. The lowest BCUT2D eigenvalue weighted by Gasteiger charge is -2.29. The van der Waals surface area contributed by atoms with Gasteiger partial charge in [0.25, 0.3) is 5.56 Å². The molecule has 4 heterocycles. The first-order valence-corrected chi connectivity index (χ1v) is 11.1. The molecule has 1 aromatic carbocycles. The van der Waals surface area contributed by atoms with E-state index in [0.717, 1.165) is 59.7 Å². The van der Waals surface area contributed by atoms with Gasteiger partial charge >= 0.3 is 5.69 Å². The van der Waals surface area contributed by atoms with Crippen LogP contribution in [-0.2, 0) is 24.8 Å². The predicted octanol–water partition coefficient (Wildman–Crippen LogP) is 1.74. The second-order valence-electron chi connectivity index (χ2n) is 7.85. The molecule has 2 aliphatic rings. The molecule has 2 aromatic heterocycles. The van der Waals surface area contributed by atoms with E-state index in [1.165, 1.54) is 23.0 Å². The Morgan fingerprint density at radius 2 is 1.87 bits per heavy atom. The number of rotatable bonds is 3. The van der Waals surface area contributed by atoms with E-state index < -0.39 is 5.69 Å². The smallest absolute Gasteiger partial charge is 0.332 e. The first kappa shape index (κ1) is 19.0. The number of thiazole rings is 1. The molecule has 5 rings (SSSR count). The van der Waals surface area contributed by atoms with Crippen LogP contribution >= 0.6 is 11.3 Å². The fraction of sp³-hybridized carbons (Fsp3) is 0.429. The van der Waals surface area contributed by atoms with Gasteiger partial charge in [-0.1, -0.05) is 29.5 Å². The second-order valence-corrected chi connectivity index (χ2v) is 8.83. The molecule has 8 nitrogen and oxygen atoms in total. The second kappa shape index (κ2) is 7.39. The quantitative estimate of drug-likeness (QED) is 0.639. The number of carbonyl (C=O) groups excluding carboxylic acids is 1. The summed E-state index contributed by atoms with van der Waals surface area (Å²) in [6.07, 6.45) is 4.01. The lowest BCUT2D eigenvalue weighted by atomic mass is 10.0. The van der Waals surface area contributed by atoms with Crippen molar-refractivity contribution in [1.82, 2.24) is 14.1 Å². The van der Waals surface area contributed by atoms with Crippen molar-refractivity contribution in [2.45, 2.75) is 32.2 Å². The summed E-state index contributed by atoms with van der Waals surface area (Å²) < 4.78 is 2.85. The van der Waals surface area contributed by atoms with Crippen LogP contribution in [0.25, 0.3) is 10.3 Å². The van der Waals surface area contributed by atoms with Crippen LogP contribution in [0.1, 0.15) is 24.8 Å². The monoisotopic (exact) mass is 425 g/mol. The van der Waals surface area contributed by atoms with Crippen LogP contribution < -0.4 is 21.0 Å². The van der Waals surface area contributed by atoms with E-state index in [1.807, 2.05) is 24.3 Å². The van der Waals surface area contributed by atoms with E-state index in [0.29, 0.717) is 16.9 Å². The Hall–Kier alpha value is -2.94. The highest BCUT2D eigenvalue weighted by Crippen LogP contribution is 2.29. The number of para-hydroxylation sites is 1. The Morgan fingerprint density at radius 3 is 2.67 bits per heavy atom. The molecule has 3 aromatic rings. The Morgan fingerprint density at radius 1 is 1.10 bits per heavy atom. The molecule has 0 unspecified atom stereocenters. The van der Waals surface area contributed by atoms with Crippen LogP contribution in [0.2, 0.25) is 0 Å². The van der Waals surface area contributed by atoms with Gasteiger partial charge in [0.15, 0.2) is 10.8 Å². The van der Waals surface area contributed by atoms with Gasteiger partial charge in [-0.05, 0) is 37.3 Å². The molecule has 0 atom stereocenters. The third-order valence-corrected chi connectivity index (χ3v) is 7.05. The van der Waals surface area contributed by atoms with Crippen LogP contribution in [-0.4, -0.2) is 39.7 Å². The molecule has 0 radical (unpaired) electrons. The first-order chi connectivity index (χ1) is 14.5.